The lowest BCUT2D eigenvalue weighted by molar-refractivity contribution is -0.142. The number of carbonyl (C=O) groups is 13. The zero-order chi connectivity index (χ0) is 80.9. The van der Waals surface area contributed by atoms with Crippen LogP contribution in [0.4, 0.5) is 0 Å². The number of likely N-dealkylation sites (N-methyl/N-ethyl adjacent to an activating group) is 1. The molecule has 2 aromatic heterocycles. The fourth-order valence-electron chi connectivity index (χ4n) is 12.6. The van der Waals surface area contributed by atoms with Crippen molar-refractivity contribution in [1.82, 2.24) is 84.0 Å². The first-order chi connectivity index (χ1) is 53.1. The second-order valence-electron chi connectivity index (χ2n) is 28.5. The van der Waals surface area contributed by atoms with E-state index in [0.29, 0.717) is 47.5 Å². The third-order valence-electron chi connectivity index (χ3n) is 18.5. The molecule has 0 spiro atoms. The molecular weight excluding hydrogens is 1450 g/mol. The van der Waals surface area contributed by atoms with Crippen molar-refractivity contribution in [1.29, 1.82) is 0 Å². The number of carbonyl (C=O) groups excluding carboxylic acids is 13. The summed E-state index contributed by atoms with van der Waals surface area (Å²) in [6.07, 6.45) is 6.71. The second-order valence-corrected chi connectivity index (χ2v) is 29.0. The van der Waals surface area contributed by atoms with E-state index in [1.54, 1.807) is 55.6 Å². The molecule has 0 saturated carbocycles. The van der Waals surface area contributed by atoms with E-state index in [0.717, 1.165) is 10.8 Å². The molecule has 16 N–H and O–H groups in total. The molecular formula is C79H110ClN17O14. The molecule has 5 aromatic rings. The summed E-state index contributed by atoms with van der Waals surface area (Å²) in [5.74, 6) is -9.60. The van der Waals surface area contributed by atoms with Gasteiger partial charge >= 0.3 is 0 Å². The van der Waals surface area contributed by atoms with Crippen molar-refractivity contribution in [2.75, 3.05) is 46.4 Å². The van der Waals surface area contributed by atoms with Crippen molar-refractivity contribution in [3.05, 3.63) is 143 Å². The minimum absolute atomic E-state index is 0.0185. The van der Waals surface area contributed by atoms with Crippen LogP contribution in [0.3, 0.4) is 0 Å². The van der Waals surface area contributed by atoms with E-state index in [4.69, 9.17) is 17.3 Å². The first-order valence-corrected chi connectivity index (χ1v) is 38.4. The van der Waals surface area contributed by atoms with Gasteiger partial charge in [0.25, 0.3) is 5.91 Å². The number of likely N-dealkylation sites (tertiary alicyclic amines) is 1. The Morgan fingerprint density at radius 1 is 0.541 bits per heavy atom. The maximum Gasteiger partial charge on any atom is 0.269 e. The Balaban J connectivity index is 1.28. The fraction of sp³-hybridized carbons (Fsp3) is 0.506. The number of hydrogen-bond donors (Lipinski definition) is 15. The number of nitrogens with two attached hydrogens (primary N) is 1. The number of pyridine rings is 2. The van der Waals surface area contributed by atoms with Crippen molar-refractivity contribution in [3.63, 3.8) is 0 Å². The van der Waals surface area contributed by atoms with Crippen molar-refractivity contribution < 1.29 is 67.4 Å². The SMILES string of the molecule is CNCC(=O)NCCCC[C@H](NC(=O)[C@H](CO)NC(=O)[C@@H](Cc1cccnc1)NC(=O)[C@@H](Cc1ccc(Cl)cc1)NC(=O)[C@@H](Cc1ccc2ccccc2c1)NC(C)=O)C(=O)N[C@H](CCCCNC(=O)c1ccccn1)C(=O)N[C@@H](CC(C)C)C(=O)N[C@@H](CCCCNC(C)C)C(=O)N1CCC[C@H]1C(=O)N[C@H](C)C(N)=O. The Morgan fingerprint density at radius 3 is 1.64 bits per heavy atom. The first kappa shape index (κ1) is 89.4. The van der Waals surface area contributed by atoms with Gasteiger partial charge in [0, 0.05) is 75.5 Å². The minimum atomic E-state index is -1.82. The molecule has 31 nitrogen and oxygen atoms in total. The number of aromatic nitrogens is 2. The van der Waals surface area contributed by atoms with Gasteiger partial charge in [0.2, 0.25) is 70.9 Å². The van der Waals surface area contributed by atoms with E-state index < -0.39 is 138 Å². The third-order valence-corrected chi connectivity index (χ3v) is 18.8. The van der Waals surface area contributed by atoms with Gasteiger partial charge in [0.1, 0.15) is 66.1 Å². The molecule has 1 aliphatic heterocycles. The molecule has 6 rings (SSSR count). The van der Waals surface area contributed by atoms with Gasteiger partial charge < -0.3 is 84.9 Å². The lowest BCUT2D eigenvalue weighted by atomic mass is 9.99. The van der Waals surface area contributed by atoms with Crippen LogP contribution in [0, 0.1) is 5.92 Å². The highest BCUT2D eigenvalue weighted by molar-refractivity contribution is 6.30. The second kappa shape index (κ2) is 46.9. The van der Waals surface area contributed by atoms with Gasteiger partial charge in [-0.1, -0.05) is 106 Å². The third kappa shape index (κ3) is 31.1. The summed E-state index contributed by atoms with van der Waals surface area (Å²) >= 11 is 6.26. The van der Waals surface area contributed by atoms with E-state index in [1.807, 2.05) is 70.2 Å². The van der Waals surface area contributed by atoms with Crippen molar-refractivity contribution >= 4 is 99.2 Å². The van der Waals surface area contributed by atoms with Crippen LogP contribution in [0.5, 0.6) is 0 Å². The number of aliphatic hydroxyl groups excluding tert-OH is 1. The lowest BCUT2D eigenvalue weighted by Gasteiger charge is -2.31. The molecule has 0 radical (unpaired) electrons. The van der Waals surface area contributed by atoms with Crippen LogP contribution in [0.15, 0.2) is 116 Å². The predicted octanol–water partition coefficient (Wildman–Crippen LogP) is 1.50. The summed E-state index contributed by atoms with van der Waals surface area (Å²) in [5.41, 5.74) is 7.32. The van der Waals surface area contributed by atoms with Crippen LogP contribution in [-0.4, -0.2) is 210 Å². The largest absolute Gasteiger partial charge is 0.394 e. The number of halogens is 1. The van der Waals surface area contributed by atoms with Gasteiger partial charge in [-0.25, -0.2) is 0 Å². The Kier molecular flexibility index (Phi) is 37.8. The minimum Gasteiger partial charge on any atom is -0.394 e. The highest BCUT2D eigenvalue weighted by Gasteiger charge is 2.40. The zero-order valence-electron chi connectivity index (χ0n) is 64.3. The highest BCUT2D eigenvalue weighted by atomic mass is 35.5. The summed E-state index contributed by atoms with van der Waals surface area (Å²) in [6, 6.07) is 14.6. The molecule has 1 fully saturated rings. The number of nitrogens with zero attached hydrogens (tertiary/aromatic N) is 3. The number of nitrogens with one attached hydrogen (secondary N) is 13. The van der Waals surface area contributed by atoms with Crippen LogP contribution >= 0.6 is 11.6 Å². The molecule has 32 heteroatoms. The van der Waals surface area contributed by atoms with Gasteiger partial charge in [-0.05, 0) is 161 Å². The van der Waals surface area contributed by atoms with Crippen LogP contribution in [0.25, 0.3) is 10.8 Å². The molecule has 13 amide bonds. The highest BCUT2D eigenvalue weighted by Crippen LogP contribution is 2.23. The molecule has 1 aliphatic rings. The zero-order valence-corrected chi connectivity index (χ0v) is 65.1. The van der Waals surface area contributed by atoms with Crippen molar-refractivity contribution in [2.45, 2.75) is 204 Å². The Hall–Kier alpha value is -10.5. The van der Waals surface area contributed by atoms with Crippen LogP contribution < -0.4 is 74.9 Å². The monoisotopic (exact) mass is 1560 g/mol. The van der Waals surface area contributed by atoms with E-state index >= 15 is 9.59 Å². The molecule has 0 unspecified atom stereocenters. The number of rotatable bonds is 47. The standard InChI is InChI=1S/C79H110ClN17O14/c1-48(2)40-62(73(105)92-61(26-13-14-35-84-49(3)4)79(111)97-39-19-27-67(97)78(110)88-50(5)69(81)101)93-72(104)60(25-12-17-38-87-70(102)58-23-10-15-36-85-58)90-71(103)59(24-11-16-37-86-68(100)46-82-7)91-77(109)66(47-98)96-76(108)65(44-54-20-18-34-83-45-54)95-75(107)64(42-52-29-32-57(80)33-30-52)94-74(106)63(89-51(6)99)43-53-28-31-55-21-8-9-22-56(55)41-53/h8-10,15,18,20-23,28-34,36,41,45,48-50,59-67,82,84,98H,11-14,16-17,19,24-27,35,37-40,42-44,46-47H2,1-7H3,(H2,81,101)(H,86,100)(H,87,102)(H,88,110)(H,89,99)(H,90,103)(H,91,109)(H,92,105)(H,93,104)(H,94,106)(H,95,107)(H,96,108)/t50-,59+,60-,61+,62+,63-,64-,65-,66+,67+/m1/s1. The molecule has 602 valence electrons. The molecule has 111 heavy (non-hydrogen) atoms. The Labute approximate surface area is 653 Å². The van der Waals surface area contributed by atoms with Crippen LogP contribution in [-0.2, 0) is 76.8 Å². The van der Waals surface area contributed by atoms with Crippen LogP contribution in [0.2, 0.25) is 5.02 Å². The quantitative estimate of drug-likeness (QED) is 0.0245. The molecule has 0 bridgehead atoms. The summed E-state index contributed by atoms with van der Waals surface area (Å²) < 4.78 is 0. The first-order valence-electron chi connectivity index (χ1n) is 38.0. The average Bonchev–Trinajstić information content (AvgIpc) is 1.81. The Bertz CT molecular complexity index is 3920. The number of unbranched alkanes of at least 4 members (excludes halogenated alkanes) is 3. The lowest BCUT2D eigenvalue weighted by Crippen LogP contribution is -2.61. The number of aliphatic hydroxyl groups is 1. The number of amides is 13. The number of primary amides is 1. The van der Waals surface area contributed by atoms with Gasteiger partial charge in [0.05, 0.1) is 13.2 Å². The van der Waals surface area contributed by atoms with Crippen LogP contribution in [0.1, 0.15) is 146 Å². The van der Waals surface area contributed by atoms with E-state index in [2.05, 4.69) is 79.1 Å². The summed E-state index contributed by atoms with van der Waals surface area (Å²) in [6.45, 7) is 10.3. The van der Waals surface area contributed by atoms with Gasteiger partial charge in [-0.15, -0.1) is 0 Å². The number of hydrogen-bond acceptors (Lipinski definition) is 18. The normalized spacial score (nSPS) is 15.0. The molecule has 10 atom stereocenters. The van der Waals surface area contributed by atoms with E-state index in [9.17, 15) is 57.8 Å². The summed E-state index contributed by atoms with van der Waals surface area (Å²) in [4.78, 5) is 192. The summed E-state index contributed by atoms with van der Waals surface area (Å²) in [7, 11) is 1.60. The molecule has 1 saturated heterocycles. The van der Waals surface area contributed by atoms with Gasteiger partial charge in [0.15, 0.2) is 0 Å². The Morgan fingerprint density at radius 2 is 1.06 bits per heavy atom. The molecule has 3 heterocycles. The topological polar surface area (TPSA) is 454 Å². The maximum absolute atomic E-state index is 15.1. The molecule has 3 aromatic carbocycles. The number of fused-ring (bicyclic) bond motifs is 1. The smallest absolute Gasteiger partial charge is 0.269 e. The average molecular weight is 1560 g/mol. The van der Waals surface area contributed by atoms with Gasteiger partial charge in [-0.3, -0.25) is 72.3 Å². The van der Waals surface area contributed by atoms with Gasteiger partial charge in [-0.2, -0.15) is 0 Å². The van der Waals surface area contributed by atoms with E-state index in [-0.39, 0.29) is 127 Å². The predicted molar refractivity (Wildman–Crippen MR) is 418 cm³/mol. The van der Waals surface area contributed by atoms with Crippen molar-refractivity contribution in [3.8, 4) is 0 Å². The molecule has 0 aliphatic carbocycles. The van der Waals surface area contributed by atoms with E-state index in [1.165, 1.54) is 43.4 Å². The number of benzene rings is 3. The maximum atomic E-state index is 15.1. The summed E-state index contributed by atoms with van der Waals surface area (Å²) in [5, 5.41) is 49.4. The fourth-order valence-corrected chi connectivity index (χ4v) is 12.7. The van der Waals surface area contributed by atoms with Crippen molar-refractivity contribution in [2.24, 2.45) is 11.7 Å².